The van der Waals surface area contributed by atoms with Crippen molar-refractivity contribution in [2.75, 3.05) is 24.3 Å². The number of nitrogens with zero attached hydrogens (tertiary/aromatic N) is 2. The highest BCUT2D eigenvalue weighted by Gasteiger charge is 2.15. The standard InChI is InChI=1S/C15H16FN3O2S/c1-22-5-4-21-9-19-14-7-12(16)13(17)6-11(14)15(18-19)10-2-3-20-8-10/h2-3,6-8H,4-5,9,17H2,1H3. The Morgan fingerprint density at radius 3 is 3.05 bits per heavy atom. The molecular formula is C15H16FN3O2S. The topological polar surface area (TPSA) is 66.2 Å². The molecule has 3 rings (SSSR count). The lowest BCUT2D eigenvalue weighted by atomic mass is 10.1. The Kier molecular flexibility index (Phi) is 4.35. The lowest BCUT2D eigenvalue weighted by Crippen LogP contribution is -2.06. The van der Waals surface area contributed by atoms with Crippen molar-refractivity contribution in [3.05, 3.63) is 36.5 Å². The Morgan fingerprint density at radius 1 is 1.45 bits per heavy atom. The second kappa shape index (κ2) is 6.41. The van der Waals surface area contributed by atoms with Gasteiger partial charge in [0.15, 0.2) is 0 Å². The molecule has 0 spiro atoms. The zero-order valence-electron chi connectivity index (χ0n) is 12.1. The van der Waals surface area contributed by atoms with E-state index in [9.17, 15) is 4.39 Å². The van der Waals surface area contributed by atoms with E-state index in [1.54, 1.807) is 41.1 Å². The Hall–Kier alpha value is -1.99. The summed E-state index contributed by atoms with van der Waals surface area (Å²) in [5.41, 5.74) is 7.95. The summed E-state index contributed by atoms with van der Waals surface area (Å²) in [4.78, 5) is 0. The number of rotatable bonds is 6. The van der Waals surface area contributed by atoms with Crippen molar-refractivity contribution in [1.82, 2.24) is 9.78 Å². The van der Waals surface area contributed by atoms with E-state index in [1.165, 1.54) is 6.07 Å². The van der Waals surface area contributed by atoms with Crippen LogP contribution < -0.4 is 5.73 Å². The van der Waals surface area contributed by atoms with Crippen molar-refractivity contribution in [1.29, 1.82) is 0 Å². The van der Waals surface area contributed by atoms with Gasteiger partial charge >= 0.3 is 0 Å². The monoisotopic (exact) mass is 321 g/mol. The van der Waals surface area contributed by atoms with Gasteiger partial charge in [0.25, 0.3) is 0 Å². The van der Waals surface area contributed by atoms with E-state index in [2.05, 4.69) is 5.10 Å². The summed E-state index contributed by atoms with van der Waals surface area (Å²) >= 11 is 1.70. The van der Waals surface area contributed by atoms with E-state index in [0.717, 1.165) is 16.7 Å². The zero-order valence-corrected chi connectivity index (χ0v) is 12.9. The number of thioether (sulfide) groups is 1. The summed E-state index contributed by atoms with van der Waals surface area (Å²) in [5.74, 6) is 0.436. The minimum atomic E-state index is -0.462. The highest BCUT2D eigenvalue weighted by Crippen LogP contribution is 2.31. The van der Waals surface area contributed by atoms with Crippen molar-refractivity contribution in [2.24, 2.45) is 0 Å². The highest BCUT2D eigenvalue weighted by molar-refractivity contribution is 7.98. The van der Waals surface area contributed by atoms with Gasteiger partial charge in [-0.25, -0.2) is 9.07 Å². The third-order valence-electron chi connectivity index (χ3n) is 3.31. The molecule has 0 amide bonds. The second-order valence-electron chi connectivity index (χ2n) is 4.78. The Morgan fingerprint density at radius 2 is 2.32 bits per heavy atom. The zero-order chi connectivity index (χ0) is 15.5. The second-order valence-corrected chi connectivity index (χ2v) is 5.77. The maximum Gasteiger partial charge on any atom is 0.148 e. The van der Waals surface area contributed by atoms with Crippen LogP contribution in [0.15, 0.2) is 35.1 Å². The molecule has 2 aromatic heterocycles. The molecule has 0 unspecified atom stereocenters. The number of anilines is 1. The Bertz CT molecular complexity index is 771. The Balaban J connectivity index is 2.02. The van der Waals surface area contributed by atoms with Gasteiger partial charge in [-0.1, -0.05) is 0 Å². The van der Waals surface area contributed by atoms with Crippen LogP contribution in [-0.2, 0) is 11.5 Å². The number of nitrogen functional groups attached to an aromatic ring is 1. The van der Waals surface area contributed by atoms with Crippen LogP contribution >= 0.6 is 11.8 Å². The average Bonchev–Trinajstić information content (AvgIpc) is 3.13. The maximum absolute atomic E-state index is 13.8. The van der Waals surface area contributed by atoms with Crippen LogP contribution in [-0.4, -0.2) is 28.4 Å². The maximum atomic E-state index is 13.8. The van der Waals surface area contributed by atoms with E-state index < -0.39 is 5.82 Å². The molecule has 0 aliphatic heterocycles. The number of aromatic nitrogens is 2. The summed E-state index contributed by atoms with van der Waals surface area (Å²) < 4.78 is 26.1. The minimum absolute atomic E-state index is 0.0973. The van der Waals surface area contributed by atoms with Gasteiger partial charge in [0.1, 0.15) is 18.2 Å². The van der Waals surface area contributed by atoms with Crippen molar-refractivity contribution in [2.45, 2.75) is 6.73 Å². The molecule has 2 heterocycles. The number of benzene rings is 1. The minimum Gasteiger partial charge on any atom is -0.472 e. The average molecular weight is 321 g/mol. The lowest BCUT2D eigenvalue weighted by Gasteiger charge is -2.05. The van der Waals surface area contributed by atoms with Crippen LogP contribution in [0.5, 0.6) is 0 Å². The summed E-state index contributed by atoms with van der Waals surface area (Å²) in [6.07, 6.45) is 5.18. The predicted octanol–water partition coefficient (Wildman–Crippen LogP) is 3.35. The van der Waals surface area contributed by atoms with Crippen LogP contribution in [0.3, 0.4) is 0 Å². The fraction of sp³-hybridized carbons (Fsp3) is 0.267. The van der Waals surface area contributed by atoms with Gasteiger partial charge < -0.3 is 14.9 Å². The van der Waals surface area contributed by atoms with Crippen molar-refractivity contribution < 1.29 is 13.5 Å². The Labute approximate surface area is 131 Å². The van der Waals surface area contributed by atoms with Gasteiger partial charge in [-0.15, -0.1) is 0 Å². The number of nitrogens with two attached hydrogens (primary N) is 1. The molecule has 22 heavy (non-hydrogen) atoms. The molecule has 3 aromatic rings. The quantitative estimate of drug-likeness (QED) is 0.557. The third kappa shape index (κ3) is 2.82. The number of furan rings is 1. The molecule has 0 fully saturated rings. The number of halogens is 1. The molecule has 0 bridgehead atoms. The summed E-state index contributed by atoms with van der Waals surface area (Å²) in [7, 11) is 0. The first-order valence-electron chi connectivity index (χ1n) is 6.75. The smallest absolute Gasteiger partial charge is 0.148 e. The summed E-state index contributed by atoms with van der Waals surface area (Å²) in [6.45, 7) is 0.874. The van der Waals surface area contributed by atoms with Crippen LogP contribution in [0.25, 0.3) is 22.2 Å². The predicted molar refractivity (Wildman–Crippen MR) is 86.1 cm³/mol. The summed E-state index contributed by atoms with van der Waals surface area (Å²) in [5, 5.41) is 5.29. The highest BCUT2D eigenvalue weighted by atomic mass is 32.2. The van der Waals surface area contributed by atoms with Gasteiger partial charge in [-0.2, -0.15) is 16.9 Å². The van der Waals surface area contributed by atoms with Gasteiger partial charge in [0.05, 0.1) is 30.3 Å². The van der Waals surface area contributed by atoms with E-state index >= 15 is 0 Å². The third-order valence-corrected chi connectivity index (χ3v) is 3.88. The molecule has 0 atom stereocenters. The van der Waals surface area contributed by atoms with Gasteiger partial charge in [0, 0.05) is 22.8 Å². The first kappa shape index (κ1) is 14.9. The fourth-order valence-electron chi connectivity index (χ4n) is 2.22. The summed E-state index contributed by atoms with van der Waals surface area (Å²) in [6, 6.07) is 4.79. The molecular weight excluding hydrogens is 305 g/mol. The number of fused-ring (bicyclic) bond motifs is 1. The largest absolute Gasteiger partial charge is 0.472 e. The molecule has 116 valence electrons. The molecule has 2 N–H and O–H groups in total. The van der Waals surface area contributed by atoms with E-state index in [-0.39, 0.29) is 12.4 Å². The van der Waals surface area contributed by atoms with Gasteiger partial charge in [0.2, 0.25) is 0 Å². The number of hydrogen-bond acceptors (Lipinski definition) is 5. The molecule has 1 aromatic carbocycles. The normalized spacial score (nSPS) is 11.4. The SMILES string of the molecule is CSCCOCn1nc(-c2ccoc2)c2cc(N)c(F)cc21. The first-order valence-corrected chi connectivity index (χ1v) is 8.15. The number of hydrogen-bond donors (Lipinski definition) is 1. The van der Waals surface area contributed by atoms with E-state index in [0.29, 0.717) is 17.8 Å². The molecule has 5 nitrogen and oxygen atoms in total. The fourth-order valence-corrected chi connectivity index (χ4v) is 2.50. The van der Waals surface area contributed by atoms with Crippen LogP contribution in [0, 0.1) is 5.82 Å². The molecule has 0 saturated heterocycles. The lowest BCUT2D eigenvalue weighted by molar-refractivity contribution is 0.0845. The van der Waals surface area contributed by atoms with Crippen molar-refractivity contribution >= 4 is 28.4 Å². The van der Waals surface area contributed by atoms with Crippen LogP contribution in [0.1, 0.15) is 0 Å². The molecule has 7 heteroatoms. The van der Waals surface area contributed by atoms with Crippen LogP contribution in [0.2, 0.25) is 0 Å². The van der Waals surface area contributed by atoms with Gasteiger partial charge in [-0.3, -0.25) is 0 Å². The molecule has 0 radical (unpaired) electrons. The molecule has 0 aliphatic rings. The molecule has 0 aliphatic carbocycles. The van der Waals surface area contributed by atoms with Gasteiger partial charge in [-0.05, 0) is 18.4 Å². The van der Waals surface area contributed by atoms with E-state index in [4.69, 9.17) is 14.9 Å². The van der Waals surface area contributed by atoms with E-state index in [1.807, 2.05) is 6.26 Å². The number of ether oxygens (including phenoxy) is 1. The molecule has 0 saturated carbocycles. The first-order chi connectivity index (χ1) is 10.7. The van der Waals surface area contributed by atoms with Crippen molar-refractivity contribution in [3.8, 4) is 11.3 Å². The van der Waals surface area contributed by atoms with Crippen molar-refractivity contribution in [3.63, 3.8) is 0 Å². The van der Waals surface area contributed by atoms with Crippen LogP contribution in [0.4, 0.5) is 10.1 Å².